The van der Waals surface area contributed by atoms with Crippen LogP contribution in [0.25, 0.3) is 0 Å². The standard InChI is InChI=1S/C10H20N2O2/c1-3-5-11-10(14)8(2)12-6-4-9(13)7-12/h8-9,13H,3-7H2,1-2H3,(H,11,14). The SMILES string of the molecule is CCCNC(=O)C(C)N1CCC(O)C1. The molecule has 0 aliphatic carbocycles. The third kappa shape index (κ3) is 2.96. The summed E-state index contributed by atoms with van der Waals surface area (Å²) in [4.78, 5) is 13.6. The van der Waals surface area contributed by atoms with E-state index in [1.54, 1.807) is 0 Å². The van der Waals surface area contributed by atoms with Crippen LogP contribution in [0.1, 0.15) is 26.7 Å². The van der Waals surface area contributed by atoms with Crippen molar-refractivity contribution in [3.63, 3.8) is 0 Å². The number of β-amino-alcohol motifs (C(OH)–C–C–N with tert-alkyl or cyclic N) is 1. The van der Waals surface area contributed by atoms with Crippen LogP contribution in [0.5, 0.6) is 0 Å². The Hall–Kier alpha value is -0.610. The van der Waals surface area contributed by atoms with Crippen molar-refractivity contribution in [1.29, 1.82) is 0 Å². The summed E-state index contributed by atoms with van der Waals surface area (Å²) in [5.41, 5.74) is 0. The van der Waals surface area contributed by atoms with Gasteiger partial charge in [-0.2, -0.15) is 0 Å². The van der Waals surface area contributed by atoms with Crippen molar-refractivity contribution < 1.29 is 9.90 Å². The summed E-state index contributed by atoms with van der Waals surface area (Å²) in [6.07, 6.45) is 1.49. The summed E-state index contributed by atoms with van der Waals surface area (Å²) in [7, 11) is 0. The van der Waals surface area contributed by atoms with E-state index in [0.29, 0.717) is 6.54 Å². The molecule has 0 saturated carbocycles. The minimum atomic E-state index is -0.253. The van der Waals surface area contributed by atoms with Gasteiger partial charge in [0.25, 0.3) is 0 Å². The molecule has 0 radical (unpaired) electrons. The first-order chi connectivity index (χ1) is 6.65. The zero-order valence-corrected chi connectivity index (χ0v) is 8.99. The van der Waals surface area contributed by atoms with Crippen LogP contribution in [-0.4, -0.2) is 47.7 Å². The van der Waals surface area contributed by atoms with Crippen LogP contribution < -0.4 is 5.32 Å². The average molecular weight is 200 g/mol. The van der Waals surface area contributed by atoms with Gasteiger partial charge in [-0.3, -0.25) is 9.69 Å². The smallest absolute Gasteiger partial charge is 0.237 e. The fourth-order valence-corrected chi connectivity index (χ4v) is 1.68. The lowest BCUT2D eigenvalue weighted by Crippen LogP contribution is -2.44. The maximum Gasteiger partial charge on any atom is 0.237 e. The highest BCUT2D eigenvalue weighted by molar-refractivity contribution is 5.81. The van der Waals surface area contributed by atoms with Gasteiger partial charge in [0.2, 0.25) is 5.91 Å². The number of nitrogens with zero attached hydrogens (tertiary/aromatic N) is 1. The summed E-state index contributed by atoms with van der Waals surface area (Å²) < 4.78 is 0. The fraction of sp³-hybridized carbons (Fsp3) is 0.900. The van der Waals surface area contributed by atoms with Crippen molar-refractivity contribution in [1.82, 2.24) is 10.2 Å². The third-order valence-corrected chi connectivity index (χ3v) is 2.67. The number of rotatable bonds is 4. The Kier molecular flexibility index (Phi) is 4.35. The number of aliphatic hydroxyl groups excluding tert-OH is 1. The quantitative estimate of drug-likeness (QED) is 0.670. The maximum atomic E-state index is 11.6. The first kappa shape index (κ1) is 11.5. The van der Waals surface area contributed by atoms with Crippen LogP contribution >= 0.6 is 0 Å². The van der Waals surface area contributed by atoms with Gasteiger partial charge in [0.1, 0.15) is 0 Å². The Morgan fingerprint density at radius 3 is 2.93 bits per heavy atom. The molecule has 1 aliphatic rings. The summed E-state index contributed by atoms with van der Waals surface area (Å²) in [6.45, 7) is 6.11. The van der Waals surface area contributed by atoms with E-state index in [0.717, 1.165) is 25.9 Å². The average Bonchev–Trinajstić information content (AvgIpc) is 2.60. The molecule has 0 bridgehead atoms. The van der Waals surface area contributed by atoms with Crippen LogP contribution in [0.3, 0.4) is 0 Å². The predicted octanol–water partition coefficient (Wildman–Crippen LogP) is -0.0323. The molecule has 2 N–H and O–H groups in total. The summed E-state index contributed by atoms with van der Waals surface area (Å²) in [5.74, 6) is 0.0703. The molecule has 0 spiro atoms. The number of nitrogens with one attached hydrogen (secondary N) is 1. The zero-order chi connectivity index (χ0) is 10.6. The van der Waals surface area contributed by atoms with E-state index < -0.39 is 0 Å². The van der Waals surface area contributed by atoms with Crippen molar-refractivity contribution in [2.75, 3.05) is 19.6 Å². The van der Waals surface area contributed by atoms with Crippen molar-refractivity contribution in [2.24, 2.45) is 0 Å². The van der Waals surface area contributed by atoms with Gasteiger partial charge in [0.05, 0.1) is 12.1 Å². The van der Waals surface area contributed by atoms with E-state index in [2.05, 4.69) is 5.32 Å². The fourth-order valence-electron chi connectivity index (χ4n) is 1.68. The van der Waals surface area contributed by atoms with Gasteiger partial charge < -0.3 is 10.4 Å². The van der Waals surface area contributed by atoms with Crippen LogP contribution in [0.15, 0.2) is 0 Å². The topological polar surface area (TPSA) is 52.6 Å². The molecular formula is C10H20N2O2. The Balaban J connectivity index is 2.32. The first-order valence-corrected chi connectivity index (χ1v) is 5.35. The molecule has 1 saturated heterocycles. The van der Waals surface area contributed by atoms with Crippen molar-refractivity contribution in [3.8, 4) is 0 Å². The summed E-state index contributed by atoms with van der Waals surface area (Å²) in [5, 5.41) is 12.2. The number of likely N-dealkylation sites (tertiary alicyclic amines) is 1. The highest BCUT2D eigenvalue weighted by Gasteiger charge is 2.27. The molecule has 1 amide bonds. The number of amides is 1. The van der Waals surface area contributed by atoms with Gasteiger partial charge in [-0.05, 0) is 19.8 Å². The van der Waals surface area contributed by atoms with E-state index in [4.69, 9.17) is 0 Å². The van der Waals surface area contributed by atoms with Crippen LogP contribution in [-0.2, 0) is 4.79 Å². The van der Waals surface area contributed by atoms with Gasteiger partial charge in [0, 0.05) is 19.6 Å². The third-order valence-electron chi connectivity index (χ3n) is 2.67. The van der Waals surface area contributed by atoms with Gasteiger partial charge in [0.15, 0.2) is 0 Å². The van der Waals surface area contributed by atoms with Gasteiger partial charge >= 0.3 is 0 Å². The van der Waals surface area contributed by atoms with Crippen LogP contribution in [0.2, 0.25) is 0 Å². The van der Waals surface area contributed by atoms with E-state index in [-0.39, 0.29) is 18.1 Å². The van der Waals surface area contributed by atoms with E-state index >= 15 is 0 Å². The molecule has 1 heterocycles. The first-order valence-electron chi connectivity index (χ1n) is 5.35. The molecule has 0 aromatic carbocycles. The van der Waals surface area contributed by atoms with Crippen LogP contribution in [0.4, 0.5) is 0 Å². The monoisotopic (exact) mass is 200 g/mol. The molecule has 2 atom stereocenters. The highest BCUT2D eigenvalue weighted by Crippen LogP contribution is 2.12. The zero-order valence-electron chi connectivity index (χ0n) is 8.99. The molecule has 1 rings (SSSR count). The van der Waals surface area contributed by atoms with Gasteiger partial charge in [-0.1, -0.05) is 6.92 Å². The Bertz CT molecular complexity index is 197. The minimum Gasteiger partial charge on any atom is -0.392 e. The largest absolute Gasteiger partial charge is 0.392 e. The van der Waals surface area contributed by atoms with E-state index in [9.17, 15) is 9.90 Å². The normalized spacial score (nSPS) is 24.9. The van der Waals surface area contributed by atoms with Crippen molar-refractivity contribution in [2.45, 2.75) is 38.8 Å². The Morgan fingerprint density at radius 2 is 2.43 bits per heavy atom. The van der Waals surface area contributed by atoms with E-state index in [1.165, 1.54) is 0 Å². The number of carbonyl (C=O) groups excluding carboxylic acids is 1. The second-order valence-corrected chi connectivity index (χ2v) is 3.90. The maximum absolute atomic E-state index is 11.6. The van der Waals surface area contributed by atoms with Crippen molar-refractivity contribution in [3.05, 3.63) is 0 Å². The number of hydrogen-bond acceptors (Lipinski definition) is 3. The molecule has 82 valence electrons. The number of carbonyl (C=O) groups is 1. The minimum absolute atomic E-state index is 0.0703. The second kappa shape index (κ2) is 5.32. The molecule has 0 aromatic rings. The van der Waals surface area contributed by atoms with Gasteiger partial charge in [-0.25, -0.2) is 0 Å². The van der Waals surface area contributed by atoms with E-state index in [1.807, 2.05) is 18.7 Å². The molecule has 2 unspecified atom stereocenters. The Labute approximate surface area is 85.3 Å². The lowest BCUT2D eigenvalue weighted by Gasteiger charge is -2.22. The summed E-state index contributed by atoms with van der Waals surface area (Å²) >= 11 is 0. The number of hydrogen-bond donors (Lipinski definition) is 2. The predicted molar refractivity (Wildman–Crippen MR) is 55.0 cm³/mol. The molecule has 4 nitrogen and oxygen atoms in total. The molecule has 0 aromatic heterocycles. The second-order valence-electron chi connectivity index (χ2n) is 3.90. The number of aliphatic hydroxyl groups is 1. The van der Waals surface area contributed by atoms with Gasteiger partial charge in [-0.15, -0.1) is 0 Å². The Morgan fingerprint density at radius 1 is 1.71 bits per heavy atom. The lowest BCUT2D eigenvalue weighted by atomic mass is 10.2. The molecule has 4 heteroatoms. The molecule has 1 fully saturated rings. The highest BCUT2D eigenvalue weighted by atomic mass is 16.3. The molecule has 1 aliphatic heterocycles. The molecular weight excluding hydrogens is 180 g/mol. The molecule has 14 heavy (non-hydrogen) atoms. The van der Waals surface area contributed by atoms with Crippen LogP contribution in [0, 0.1) is 0 Å². The summed E-state index contributed by atoms with van der Waals surface area (Å²) in [6, 6.07) is -0.112. The lowest BCUT2D eigenvalue weighted by molar-refractivity contribution is -0.125. The van der Waals surface area contributed by atoms with Crippen molar-refractivity contribution >= 4 is 5.91 Å².